The highest BCUT2D eigenvalue weighted by Crippen LogP contribution is 2.34. The maximum absolute atomic E-state index is 6.15. The number of ether oxygens (including phenoxy) is 1. The van der Waals surface area contributed by atoms with Gasteiger partial charge < -0.3 is 4.74 Å². The van der Waals surface area contributed by atoms with Crippen LogP contribution in [0.1, 0.15) is 10.6 Å². The van der Waals surface area contributed by atoms with E-state index in [1.807, 2.05) is 19.1 Å². The number of benzene rings is 1. The Bertz CT molecular complexity index is 539. The van der Waals surface area contributed by atoms with Crippen molar-refractivity contribution in [2.45, 2.75) is 13.5 Å². The molecule has 2 nitrogen and oxygen atoms in total. The van der Waals surface area contributed by atoms with Crippen LogP contribution in [0.3, 0.4) is 0 Å². The molecule has 0 fully saturated rings. The first-order valence-electron chi connectivity index (χ1n) is 5.02. The summed E-state index contributed by atoms with van der Waals surface area (Å²) < 4.78 is 5.12. The van der Waals surface area contributed by atoms with Crippen LogP contribution in [0.4, 0.5) is 0 Å². The highest BCUT2D eigenvalue weighted by molar-refractivity contribution is 7.15. The van der Waals surface area contributed by atoms with Crippen molar-refractivity contribution < 1.29 is 4.74 Å². The van der Waals surface area contributed by atoms with Crippen molar-refractivity contribution in [1.29, 1.82) is 0 Å². The van der Waals surface area contributed by atoms with Gasteiger partial charge in [0.15, 0.2) is 0 Å². The maximum atomic E-state index is 6.15. The van der Waals surface area contributed by atoms with Crippen LogP contribution in [0.25, 0.3) is 10.6 Å². The van der Waals surface area contributed by atoms with E-state index < -0.39 is 0 Å². The molecule has 0 aliphatic heterocycles. The third-order valence-electron chi connectivity index (χ3n) is 2.33. The van der Waals surface area contributed by atoms with Crippen LogP contribution >= 0.6 is 34.5 Å². The summed E-state index contributed by atoms with van der Waals surface area (Å²) in [5.74, 6) is 0. The summed E-state index contributed by atoms with van der Waals surface area (Å²) in [6.07, 6.45) is 0. The van der Waals surface area contributed by atoms with Crippen LogP contribution in [0.15, 0.2) is 18.2 Å². The van der Waals surface area contributed by atoms with Gasteiger partial charge in [0.1, 0.15) is 5.01 Å². The van der Waals surface area contributed by atoms with E-state index in [4.69, 9.17) is 27.9 Å². The Balaban J connectivity index is 2.42. The fourth-order valence-corrected chi connectivity index (χ4v) is 3.10. The van der Waals surface area contributed by atoms with Gasteiger partial charge in [-0.05, 0) is 25.1 Å². The Morgan fingerprint density at radius 1 is 1.35 bits per heavy atom. The average Bonchev–Trinajstić information content (AvgIpc) is 2.60. The Hall–Kier alpha value is -0.610. The molecule has 0 saturated heterocycles. The molecular weight excluding hydrogens is 277 g/mol. The lowest BCUT2D eigenvalue weighted by molar-refractivity contribution is 0.187. The van der Waals surface area contributed by atoms with Crippen molar-refractivity contribution in [2.24, 2.45) is 0 Å². The number of rotatable bonds is 3. The van der Waals surface area contributed by atoms with Crippen molar-refractivity contribution in [1.82, 2.24) is 4.98 Å². The highest BCUT2D eigenvalue weighted by Gasteiger charge is 2.12. The lowest BCUT2D eigenvalue weighted by atomic mass is 10.2. The molecule has 90 valence electrons. The minimum absolute atomic E-state index is 0.578. The van der Waals surface area contributed by atoms with Crippen LogP contribution in [0.2, 0.25) is 10.0 Å². The van der Waals surface area contributed by atoms with Crippen molar-refractivity contribution >= 4 is 34.5 Å². The largest absolute Gasteiger partial charge is 0.379 e. The summed E-state index contributed by atoms with van der Waals surface area (Å²) in [6.45, 7) is 2.55. The molecular formula is C12H11Cl2NOS. The zero-order valence-electron chi connectivity index (χ0n) is 9.46. The normalized spacial score (nSPS) is 10.8. The van der Waals surface area contributed by atoms with E-state index in [0.717, 1.165) is 21.1 Å². The number of aromatic nitrogens is 1. The zero-order valence-corrected chi connectivity index (χ0v) is 11.8. The highest BCUT2D eigenvalue weighted by atomic mass is 35.5. The van der Waals surface area contributed by atoms with E-state index in [-0.39, 0.29) is 0 Å². The molecule has 1 aromatic heterocycles. The van der Waals surface area contributed by atoms with E-state index in [0.29, 0.717) is 16.7 Å². The van der Waals surface area contributed by atoms with Gasteiger partial charge in [0.25, 0.3) is 0 Å². The van der Waals surface area contributed by atoms with Crippen LogP contribution < -0.4 is 0 Å². The minimum atomic E-state index is 0.578. The number of hydrogen-bond donors (Lipinski definition) is 0. The van der Waals surface area contributed by atoms with E-state index in [1.165, 1.54) is 0 Å². The first-order chi connectivity index (χ1) is 8.11. The predicted octanol–water partition coefficient (Wildman–Crippen LogP) is 4.57. The van der Waals surface area contributed by atoms with Crippen LogP contribution in [-0.4, -0.2) is 12.1 Å². The first-order valence-corrected chi connectivity index (χ1v) is 6.59. The molecule has 2 aromatic rings. The lowest BCUT2D eigenvalue weighted by Gasteiger charge is -2.00. The standard InChI is InChI=1S/C12H11Cl2NOS/c1-7-11(6-16-2)17-12(15-7)9-4-3-8(13)5-10(9)14/h3-5H,6H2,1-2H3. The van der Waals surface area contributed by atoms with Gasteiger partial charge in [-0.1, -0.05) is 23.2 Å². The number of nitrogens with zero attached hydrogens (tertiary/aromatic N) is 1. The van der Waals surface area contributed by atoms with Crippen molar-refractivity contribution in [3.63, 3.8) is 0 Å². The molecule has 0 N–H and O–H groups in total. The third-order valence-corrected chi connectivity index (χ3v) is 4.04. The summed E-state index contributed by atoms with van der Waals surface area (Å²) in [5, 5.41) is 2.15. The molecule has 0 aliphatic rings. The molecule has 0 bridgehead atoms. The summed E-state index contributed by atoms with van der Waals surface area (Å²) in [7, 11) is 1.67. The molecule has 0 radical (unpaired) electrons. The number of hydrogen-bond acceptors (Lipinski definition) is 3. The van der Waals surface area contributed by atoms with Gasteiger partial charge in [-0.3, -0.25) is 0 Å². The maximum Gasteiger partial charge on any atom is 0.125 e. The lowest BCUT2D eigenvalue weighted by Crippen LogP contribution is -1.85. The molecule has 17 heavy (non-hydrogen) atoms. The number of thiazole rings is 1. The van der Waals surface area contributed by atoms with Gasteiger partial charge in [-0.15, -0.1) is 11.3 Å². The number of methoxy groups -OCH3 is 1. The van der Waals surface area contributed by atoms with E-state index in [1.54, 1.807) is 24.5 Å². The minimum Gasteiger partial charge on any atom is -0.379 e. The number of halogens is 2. The summed E-state index contributed by atoms with van der Waals surface area (Å²) in [6, 6.07) is 5.43. The molecule has 0 amide bonds. The smallest absolute Gasteiger partial charge is 0.125 e. The molecule has 0 saturated carbocycles. The molecule has 1 aromatic carbocycles. The number of aryl methyl sites for hydroxylation is 1. The van der Waals surface area contributed by atoms with Gasteiger partial charge in [0, 0.05) is 17.7 Å². The van der Waals surface area contributed by atoms with E-state index in [9.17, 15) is 0 Å². The Kier molecular flexibility index (Phi) is 4.05. The van der Waals surface area contributed by atoms with Crippen LogP contribution in [-0.2, 0) is 11.3 Å². The van der Waals surface area contributed by atoms with Gasteiger partial charge >= 0.3 is 0 Å². The van der Waals surface area contributed by atoms with Crippen LogP contribution in [0.5, 0.6) is 0 Å². The Labute approximate surface area is 114 Å². The Morgan fingerprint density at radius 2 is 2.12 bits per heavy atom. The fourth-order valence-electron chi connectivity index (χ4n) is 1.47. The van der Waals surface area contributed by atoms with E-state index >= 15 is 0 Å². The van der Waals surface area contributed by atoms with Gasteiger partial charge in [0.05, 0.1) is 22.2 Å². The molecule has 0 atom stereocenters. The zero-order chi connectivity index (χ0) is 12.4. The van der Waals surface area contributed by atoms with E-state index in [2.05, 4.69) is 4.98 Å². The quantitative estimate of drug-likeness (QED) is 0.825. The summed E-state index contributed by atoms with van der Waals surface area (Å²) in [4.78, 5) is 5.62. The predicted molar refractivity (Wildman–Crippen MR) is 73.0 cm³/mol. The SMILES string of the molecule is COCc1sc(-c2ccc(Cl)cc2Cl)nc1C. The average molecular weight is 288 g/mol. The fraction of sp³-hybridized carbons (Fsp3) is 0.250. The molecule has 2 rings (SSSR count). The first kappa shape index (κ1) is 12.8. The Morgan fingerprint density at radius 3 is 2.76 bits per heavy atom. The molecule has 1 heterocycles. The van der Waals surface area contributed by atoms with Gasteiger partial charge in [0.2, 0.25) is 0 Å². The molecule has 0 aliphatic carbocycles. The second kappa shape index (κ2) is 5.36. The van der Waals surface area contributed by atoms with Gasteiger partial charge in [-0.25, -0.2) is 4.98 Å². The van der Waals surface area contributed by atoms with Crippen molar-refractivity contribution in [3.8, 4) is 10.6 Å². The van der Waals surface area contributed by atoms with Crippen LogP contribution in [0, 0.1) is 6.92 Å². The van der Waals surface area contributed by atoms with Gasteiger partial charge in [-0.2, -0.15) is 0 Å². The topological polar surface area (TPSA) is 22.1 Å². The van der Waals surface area contributed by atoms with Crippen molar-refractivity contribution in [2.75, 3.05) is 7.11 Å². The summed E-state index contributed by atoms with van der Waals surface area (Å²) in [5.41, 5.74) is 1.89. The second-order valence-corrected chi connectivity index (χ2v) is 5.51. The van der Waals surface area contributed by atoms with Crippen molar-refractivity contribution in [3.05, 3.63) is 38.8 Å². The second-order valence-electron chi connectivity index (χ2n) is 3.58. The monoisotopic (exact) mass is 287 g/mol. The molecule has 5 heteroatoms. The third kappa shape index (κ3) is 2.80. The molecule has 0 unspecified atom stereocenters. The molecule has 0 spiro atoms. The summed E-state index contributed by atoms with van der Waals surface area (Å²) >= 11 is 13.6.